The molecule has 120 valence electrons. The van der Waals surface area contributed by atoms with Crippen LogP contribution < -0.4 is 0 Å². The van der Waals surface area contributed by atoms with Crippen molar-refractivity contribution in [2.24, 2.45) is 0 Å². The lowest BCUT2D eigenvalue weighted by atomic mass is 10.1. The van der Waals surface area contributed by atoms with E-state index >= 15 is 0 Å². The number of benzene rings is 1. The number of carbonyl (C=O) groups excluding carboxylic acids is 1. The summed E-state index contributed by atoms with van der Waals surface area (Å²) in [6.07, 6.45) is 8.37. The van der Waals surface area contributed by atoms with Crippen LogP contribution in [-0.4, -0.2) is 18.7 Å². The summed E-state index contributed by atoms with van der Waals surface area (Å²) in [4.78, 5) is 12.1. The molecule has 0 saturated carbocycles. The minimum atomic E-state index is -0.408. The molecule has 1 aromatic rings. The van der Waals surface area contributed by atoms with E-state index in [9.17, 15) is 4.79 Å². The van der Waals surface area contributed by atoms with E-state index < -0.39 is 5.97 Å². The van der Waals surface area contributed by atoms with Gasteiger partial charge in [-0.25, -0.2) is 4.79 Å². The predicted molar refractivity (Wildman–Crippen MR) is 89.5 cm³/mol. The van der Waals surface area contributed by atoms with E-state index in [1.165, 1.54) is 0 Å². The van der Waals surface area contributed by atoms with Gasteiger partial charge in [0.25, 0.3) is 0 Å². The van der Waals surface area contributed by atoms with Gasteiger partial charge in [-0.1, -0.05) is 55.8 Å². The van der Waals surface area contributed by atoms with Crippen LogP contribution in [0.5, 0.6) is 0 Å². The van der Waals surface area contributed by atoms with Crippen molar-refractivity contribution < 1.29 is 14.3 Å². The maximum atomic E-state index is 12.1. The number of esters is 1. The first-order valence-corrected chi connectivity index (χ1v) is 7.86. The van der Waals surface area contributed by atoms with Crippen LogP contribution in [0.15, 0.2) is 54.3 Å². The van der Waals surface area contributed by atoms with Crippen molar-refractivity contribution in [1.82, 2.24) is 0 Å². The number of hydrogen-bond donors (Lipinski definition) is 0. The van der Waals surface area contributed by atoms with Gasteiger partial charge in [-0.15, -0.1) is 0 Å². The largest absolute Gasteiger partial charge is 0.483 e. The summed E-state index contributed by atoms with van der Waals surface area (Å²) in [6, 6.07) is 9.95. The van der Waals surface area contributed by atoms with Gasteiger partial charge in [-0.2, -0.15) is 0 Å². The van der Waals surface area contributed by atoms with Gasteiger partial charge in [0.05, 0.1) is 6.10 Å². The van der Waals surface area contributed by atoms with Crippen molar-refractivity contribution in [2.45, 2.75) is 46.1 Å². The Morgan fingerprint density at radius 2 is 1.91 bits per heavy atom. The molecule has 1 aromatic carbocycles. The molecule has 0 bridgehead atoms. The zero-order valence-corrected chi connectivity index (χ0v) is 13.7. The fraction of sp³-hybridized carbons (Fsp3) is 0.421. The highest BCUT2D eigenvalue weighted by atomic mass is 16.6. The number of unbranched alkanes of at least 4 members (excludes halogenated alkanes) is 1. The number of hydrogen-bond acceptors (Lipinski definition) is 3. The molecule has 0 aromatic heterocycles. The Morgan fingerprint density at radius 3 is 2.55 bits per heavy atom. The van der Waals surface area contributed by atoms with Crippen LogP contribution >= 0.6 is 0 Å². The lowest BCUT2D eigenvalue weighted by Crippen LogP contribution is -2.16. The molecular formula is C19H26O3. The molecule has 0 atom stereocenters. The third-order valence-electron chi connectivity index (χ3n) is 2.87. The first kappa shape index (κ1) is 18.0. The van der Waals surface area contributed by atoms with Crippen molar-refractivity contribution in [3.05, 3.63) is 59.9 Å². The summed E-state index contributed by atoms with van der Waals surface area (Å²) in [5.74, 6) is -0.131. The molecule has 0 spiro atoms. The predicted octanol–water partition coefficient (Wildman–Crippen LogP) is 4.44. The Morgan fingerprint density at radius 1 is 1.18 bits per heavy atom. The van der Waals surface area contributed by atoms with E-state index in [0.29, 0.717) is 13.0 Å². The summed E-state index contributed by atoms with van der Waals surface area (Å²) in [5.41, 5.74) is 1.13. The van der Waals surface area contributed by atoms with Gasteiger partial charge in [-0.3, -0.25) is 0 Å². The van der Waals surface area contributed by atoms with Gasteiger partial charge < -0.3 is 9.47 Å². The highest BCUT2D eigenvalue weighted by Crippen LogP contribution is 2.08. The Labute approximate surface area is 133 Å². The van der Waals surface area contributed by atoms with Crippen molar-refractivity contribution in [3.63, 3.8) is 0 Å². The fourth-order valence-electron chi connectivity index (χ4n) is 1.79. The van der Waals surface area contributed by atoms with E-state index in [-0.39, 0.29) is 11.9 Å². The Bertz CT molecular complexity index is 487. The molecule has 0 saturated heterocycles. The molecule has 0 aliphatic carbocycles. The molecule has 0 fully saturated rings. The Hall–Kier alpha value is -2.03. The molecule has 0 aliphatic rings. The third kappa shape index (κ3) is 7.67. The lowest BCUT2D eigenvalue weighted by molar-refractivity contribution is -0.146. The normalized spacial score (nSPS) is 11.9. The zero-order valence-electron chi connectivity index (χ0n) is 13.7. The van der Waals surface area contributed by atoms with Gasteiger partial charge in [0.1, 0.15) is 6.61 Å². The molecule has 0 N–H and O–H groups in total. The van der Waals surface area contributed by atoms with Gasteiger partial charge >= 0.3 is 5.97 Å². The minimum Gasteiger partial charge on any atom is -0.483 e. The van der Waals surface area contributed by atoms with Crippen LogP contribution in [0.1, 0.15) is 39.2 Å². The lowest BCUT2D eigenvalue weighted by Gasteiger charge is -2.11. The first-order chi connectivity index (χ1) is 10.6. The smallest absolute Gasteiger partial charge is 0.373 e. The fourth-order valence-corrected chi connectivity index (χ4v) is 1.79. The van der Waals surface area contributed by atoms with Crippen molar-refractivity contribution in [3.8, 4) is 0 Å². The van der Waals surface area contributed by atoms with Crippen molar-refractivity contribution in [2.75, 3.05) is 6.61 Å². The number of carbonyl (C=O) groups is 1. The minimum absolute atomic E-state index is 0.160. The average molecular weight is 302 g/mol. The van der Waals surface area contributed by atoms with Gasteiger partial charge in [0.15, 0.2) is 0 Å². The second kappa shape index (κ2) is 10.7. The average Bonchev–Trinajstić information content (AvgIpc) is 2.50. The van der Waals surface area contributed by atoms with Crippen molar-refractivity contribution >= 4 is 5.97 Å². The van der Waals surface area contributed by atoms with E-state index in [2.05, 4.69) is 13.0 Å². The summed E-state index contributed by atoms with van der Waals surface area (Å²) >= 11 is 0. The quantitative estimate of drug-likeness (QED) is 0.293. The Balaban J connectivity index is 2.66. The molecule has 0 unspecified atom stereocenters. The maximum absolute atomic E-state index is 12.1. The molecule has 0 radical (unpaired) electrons. The van der Waals surface area contributed by atoms with Gasteiger partial charge in [0, 0.05) is 0 Å². The summed E-state index contributed by atoms with van der Waals surface area (Å²) in [5, 5.41) is 0. The summed E-state index contributed by atoms with van der Waals surface area (Å²) in [6.45, 7) is 6.16. The maximum Gasteiger partial charge on any atom is 0.373 e. The molecule has 22 heavy (non-hydrogen) atoms. The van der Waals surface area contributed by atoms with Crippen LogP contribution in [0.2, 0.25) is 0 Å². The van der Waals surface area contributed by atoms with Gasteiger partial charge in [-0.05, 0) is 38.3 Å². The van der Waals surface area contributed by atoms with Crippen molar-refractivity contribution in [1.29, 1.82) is 0 Å². The molecular weight excluding hydrogens is 276 g/mol. The number of allylic oxidation sites excluding steroid dienone is 2. The SMILES string of the molecule is CCC/C=C\CO/C(=C\Cc1ccccc1)C(=O)OC(C)C. The Kier molecular flexibility index (Phi) is 8.73. The highest BCUT2D eigenvalue weighted by Gasteiger charge is 2.13. The van der Waals surface area contributed by atoms with Crippen LogP contribution in [0.25, 0.3) is 0 Å². The number of ether oxygens (including phenoxy) is 2. The molecule has 0 heterocycles. The van der Waals surface area contributed by atoms with Gasteiger partial charge in [0.2, 0.25) is 5.76 Å². The highest BCUT2D eigenvalue weighted by molar-refractivity contribution is 5.86. The van der Waals surface area contributed by atoms with E-state index in [1.54, 1.807) is 6.08 Å². The van der Waals surface area contributed by atoms with Crippen LogP contribution in [0.3, 0.4) is 0 Å². The molecule has 3 heteroatoms. The molecule has 3 nitrogen and oxygen atoms in total. The summed E-state index contributed by atoms with van der Waals surface area (Å²) in [7, 11) is 0. The number of rotatable bonds is 9. The second-order valence-electron chi connectivity index (χ2n) is 5.28. The molecule has 0 aliphatic heterocycles. The van der Waals surface area contributed by atoms with Crippen LogP contribution in [0.4, 0.5) is 0 Å². The molecule has 0 amide bonds. The van der Waals surface area contributed by atoms with Crippen LogP contribution in [0, 0.1) is 0 Å². The zero-order chi connectivity index (χ0) is 16.2. The summed E-state index contributed by atoms with van der Waals surface area (Å²) < 4.78 is 10.8. The first-order valence-electron chi connectivity index (χ1n) is 7.86. The van der Waals surface area contributed by atoms with E-state index in [1.807, 2.05) is 50.3 Å². The van der Waals surface area contributed by atoms with E-state index in [0.717, 1.165) is 18.4 Å². The molecule has 1 rings (SSSR count). The monoisotopic (exact) mass is 302 g/mol. The topological polar surface area (TPSA) is 35.5 Å². The standard InChI is InChI=1S/C19H26O3/c1-4-5-6-10-15-21-18(19(20)22-16(2)3)14-13-17-11-8-7-9-12-17/h6-12,14,16H,4-5,13,15H2,1-3H3/b10-6-,18-14-. The van der Waals surface area contributed by atoms with Crippen LogP contribution in [-0.2, 0) is 20.7 Å². The second-order valence-corrected chi connectivity index (χ2v) is 5.28. The van der Waals surface area contributed by atoms with E-state index in [4.69, 9.17) is 9.47 Å². The third-order valence-corrected chi connectivity index (χ3v) is 2.87.